The normalized spacial score (nSPS) is 16.6. The van der Waals surface area contributed by atoms with E-state index in [1.54, 1.807) is 6.08 Å². The molecule has 0 unspecified atom stereocenters. The number of carbonyl (C=O) groups excluding carboxylic acids is 2. The first-order valence-electron chi connectivity index (χ1n) is 9.33. The molecule has 0 bridgehead atoms. The number of hydrogen-bond donors (Lipinski definition) is 0. The fourth-order valence-corrected chi connectivity index (χ4v) is 3.52. The highest BCUT2D eigenvalue weighted by Crippen LogP contribution is 2.32. The second-order valence-electron chi connectivity index (χ2n) is 6.85. The summed E-state index contributed by atoms with van der Waals surface area (Å²) < 4.78 is 5.43. The first-order valence-corrected chi connectivity index (χ1v) is 9.33. The van der Waals surface area contributed by atoms with Crippen LogP contribution in [0.1, 0.15) is 28.3 Å². The van der Waals surface area contributed by atoms with Crippen molar-refractivity contribution in [3.63, 3.8) is 0 Å². The molecule has 2 atom stereocenters. The van der Waals surface area contributed by atoms with E-state index in [9.17, 15) is 9.59 Å². The van der Waals surface area contributed by atoms with Gasteiger partial charge < -0.3 is 4.74 Å². The Kier molecular flexibility index (Phi) is 5.16. The topological polar surface area (TPSA) is 43.4 Å². The molecule has 1 heterocycles. The van der Waals surface area contributed by atoms with Gasteiger partial charge in [-0.3, -0.25) is 4.79 Å². The Hall–Kier alpha value is -3.46. The number of benzene rings is 3. The van der Waals surface area contributed by atoms with Crippen LogP contribution in [0.4, 0.5) is 0 Å². The summed E-state index contributed by atoms with van der Waals surface area (Å²) in [6.07, 6.45) is 3.03. The Bertz CT molecular complexity index is 989. The molecule has 0 spiro atoms. The van der Waals surface area contributed by atoms with Crippen molar-refractivity contribution in [2.45, 2.75) is 18.4 Å². The molecule has 0 aromatic heterocycles. The molecule has 0 saturated heterocycles. The molecule has 3 nitrogen and oxygen atoms in total. The van der Waals surface area contributed by atoms with Crippen molar-refractivity contribution in [1.29, 1.82) is 0 Å². The summed E-state index contributed by atoms with van der Waals surface area (Å²) in [5.74, 6) is -0.544. The summed E-state index contributed by atoms with van der Waals surface area (Å²) in [7, 11) is 0. The van der Waals surface area contributed by atoms with E-state index in [1.807, 2.05) is 72.8 Å². The number of rotatable bonds is 6. The molecular weight excluding hydrogens is 348 g/mol. The minimum atomic E-state index is -0.428. The van der Waals surface area contributed by atoms with E-state index in [2.05, 4.69) is 12.1 Å². The third-order valence-corrected chi connectivity index (χ3v) is 5.02. The molecule has 0 saturated carbocycles. The number of carbonyl (C=O) groups is 2. The number of esters is 1. The lowest BCUT2D eigenvalue weighted by Crippen LogP contribution is -2.21. The highest BCUT2D eigenvalue weighted by atomic mass is 16.5. The Balaban J connectivity index is 1.61. The fourth-order valence-electron chi connectivity index (χ4n) is 3.52. The van der Waals surface area contributed by atoms with E-state index in [0.717, 1.165) is 16.7 Å². The van der Waals surface area contributed by atoms with Crippen LogP contribution in [0.2, 0.25) is 0 Å². The molecule has 0 fully saturated rings. The molecule has 4 rings (SSSR count). The minimum Gasteiger partial charge on any atom is -0.454 e. The van der Waals surface area contributed by atoms with Crippen molar-refractivity contribution < 1.29 is 14.3 Å². The summed E-state index contributed by atoms with van der Waals surface area (Å²) in [6, 6.07) is 27.5. The number of hydrogen-bond acceptors (Lipinski definition) is 3. The van der Waals surface area contributed by atoms with Gasteiger partial charge in [0.15, 0.2) is 5.78 Å². The van der Waals surface area contributed by atoms with Gasteiger partial charge in [0.05, 0.1) is 0 Å². The standard InChI is InChI=1S/C25H20O3/c26-23(21-9-5-2-6-10-21)17-22(24-15-16-25(27)28-24)20-13-11-19(12-14-20)18-7-3-1-4-8-18/h1-16,22,24H,17H2/t22-,24-/m0/s1. The third kappa shape index (κ3) is 3.94. The molecule has 3 heteroatoms. The van der Waals surface area contributed by atoms with Gasteiger partial charge in [-0.1, -0.05) is 84.9 Å². The predicted molar refractivity (Wildman–Crippen MR) is 109 cm³/mol. The zero-order valence-corrected chi connectivity index (χ0v) is 15.3. The molecule has 138 valence electrons. The van der Waals surface area contributed by atoms with Gasteiger partial charge in [0, 0.05) is 24.0 Å². The molecule has 0 radical (unpaired) electrons. The van der Waals surface area contributed by atoms with Gasteiger partial charge in [-0.25, -0.2) is 4.79 Å². The zero-order valence-electron chi connectivity index (χ0n) is 15.3. The highest BCUT2D eigenvalue weighted by Gasteiger charge is 2.30. The smallest absolute Gasteiger partial charge is 0.331 e. The summed E-state index contributed by atoms with van der Waals surface area (Å²) in [5.41, 5.74) is 3.89. The van der Waals surface area contributed by atoms with Crippen LogP contribution in [0.3, 0.4) is 0 Å². The highest BCUT2D eigenvalue weighted by molar-refractivity contribution is 5.96. The predicted octanol–water partition coefficient (Wildman–Crippen LogP) is 5.19. The van der Waals surface area contributed by atoms with Crippen LogP contribution in [0.15, 0.2) is 97.1 Å². The maximum Gasteiger partial charge on any atom is 0.331 e. The van der Waals surface area contributed by atoms with E-state index in [4.69, 9.17) is 4.74 Å². The van der Waals surface area contributed by atoms with Crippen molar-refractivity contribution in [1.82, 2.24) is 0 Å². The van der Waals surface area contributed by atoms with Crippen molar-refractivity contribution in [3.8, 4) is 11.1 Å². The molecule has 3 aromatic carbocycles. The lowest BCUT2D eigenvalue weighted by Gasteiger charge is -2.22. The summed E-state index contributed by atoms with van der Waals surface area (Å²) >= 11 is 0. The average molecular weight is 368 g/mol. The van der Waals surface area contributed by atoms with E-state index < -0.39 is 6.10 Å². The van der Waals surface area contributed by atoms with E-state index in [1.165, 1.54) is 6.08 Å². The van der Waals surface area contributed by atoms with E-state index >= 15 is 0 Å². The van der Waals surface area contributed by atoms with Crippen LogP contribution in [-0.2, 0) is 9.53 Å². The van der Waals surface area contributed by atoms with Gasteiger partial charge in [0.1, 0.15) is 6.10 Å². The molecular formula is C25H20O3. The molecule has 0 N–H and O–H groups in total. The lowest BCUT2D eigenvalue weighted by atomic mass is 9.86. The molecule has 1 aliphatic heterocycles. The zero-order chi connectivity index (χ0) is 19.3. The monoisotopic (exact) mass is 368 g/mol. The number of Topliss-reactive ketones (excluding diaryl/α,β-unsaturated/α-hetero) is 1. The van der Waals surface area contributed by atoms with Gasteiger partial charge in [-0.05, 0) is 22.8 Å². The summed E-state index contributed by atoms with van der Waals surface area (Å²) in [6.45, 7) is 0. The second kappa shape index (κ2) is 8.05. The first-order chi connectivity index (χ1) is 13.7. The van der Waals surface area contributed by atoms with Crippen molar-refractivity contribution in [3.05, 3.63) is 108 Å². The first kappa shape index (κ1) is 17.9. The Labute approximate surface area is 164 Å². The van der Waals surface area contributed by atoms with Gasteiger partial charge in [0.25, 0.3) is 0 Å². The lowest BCUT2D eigenvalue weighted by molar-refractivity contribution is -0.139. The second-order valence-corrected chi connectivity index (χ2v) is 6.85. The fraction of sp³-hybridized carbons (Fsp3) is 0.120. The number of ether oxygens (including phenoxy) is 1. The Morgan fingerprint density at radius 3 is 2.04 bits per heavy atom. The summed E-state index contributed by atoms with van der Waals surface area (Å²) in [4.78, 5) is 24.4. The maximum absolute atomic E-state index is 12.8. The van der Waals surface area contributed by atoms with Gasteiger partial charge in [0.2, 0.25) is 0 Å². The molecule has 0 amide bonds. The van der Waals surface area contributed by atoms with Gasteiger partial charge in [-0.2, -0.15) is 0 Å². The van der Waals surface area contributed by atoms with Gasteiger partial charge >= 0.3 is 5.97 Å². The van der Waals surface area contributed by atoms with Crippen molar-refractivity contribution in [2.75, 3.05) is 0 Å². The van der Waals surface area contributed by atoms with Crippen molar-refractivity contribution in [2.24, 2.45) is 0 Å². The van der Waals surface area contributed by atoms with Crippen LogP contribution in [0.5, 0.6) is 0 Å². The third-order valence-electron chi connectivity index (χ3n) is 5.02. The van der Waals surface area contributed by atoms with Gasteiger partial charge in [-0.15, -0.1) is 0 Å². The molecule has 3 aromatic rings. The largest absolute Gasteiger partial charge is 0.454 e. The van der Waals surface area contributed by atoms with Crippen LogP contribution in [0, 0.1) is 0 Å². The van der Waals surface area contributed by atoms with Crippen molar-refractivity contribution >= 4 is 11.8 Å². The van der Waals surface area contributed by atoms with Crippen LogP contribution in [0.25, 0.3) is 11.1 Å². The van der Waals surface area contributed by atoms with Crippen LogP contribution < -0.4 is 0 Å². The molecule has 1 aliphatic rings. The molecule has 28 heavy (non-hydrogen) atoms. The Morgan fingerprint density at radius 2 is 1.43 bits per heavy atom. The van der Waals surface area contributed by atoms with E-state index in [0.29, 0.717) is 5.56 Å². The minimum absolute atomic E-state index is 0.0362. The number of ketones is 1. The van der Waals surface area contributed by atoms with Crippen LogP contribution in [-0.4, -0.2) is 17.9 Å². The SMILES string of the molecule is O=C1C=C[C@@H]([C@@H](CC(=O)c2ccccc2)c2ccc(-c3ccccc3)cc2)O1. The maximum atomic E-state index is 12.8. The molecule has 0 aliphatic carbocycles. The Morgan fingerprint density at radius 1 is 0.821 bits per heavy atom. The van der Waals surface area contributed by atoms with E-state index in [-0.39, 0.29) is 24.1 Å². The summed E-state index contributed by atoms with van der Waals surface area (Å²) in [5, 5.41) is 0. The average Bonchev–Trinajstić information content (AvgIpc) is 3.19. The van der Waals surface area contributed by atoms with Crippen LogP contribution >= 0.6 is 0 Å². The quantitative estimate of drug-likeness (QED) is 0.444. The number of cyclic esters (lactones) is 1.